The number of carbonyl (C=O) groups is 3. The number of unbranched alkanes of at least 4 members (excludes halogenated alkanes) is 1. The van der Waals surface area contributed by atoms with Crippen molar-refractivity contribution in [3.63, 3.8) is 0 Å². The summed E-state index contributed by atoms with van der Waals surface area (Å²) in [5.41, 5.74) is 0.383. The van der Waals surface area contributed by atoms with Crippen molar-refractivity contribution in [3.8, 4) is 5.75 Å². The average Bonchev–Trinajstić information content (AvgIpc) is 2.74. The molecule has 1 aromatic rings. The van der Waals surface area contributed by atoms with Gasteiger partial charge in [0, 0.05) is 18.7 Å². The van der Waals surface area contributed by atoms with Crippen LogP contribution in [0.5, 0.6) is 5.75 Å². The van der Waals surface area contributed by atoms with Crippen molar-refractivity contribution in [2.24, 2.45) is 5.92 Å². The minimum Gasteiger partial charge on any atom is -0.492 e. The van der Waals surface area contributed by atoms with Gasteiger partial charge >= 0.3 is 5.97 Å². The van der Waals surface area contributed by atoms with Gasteiger partial charge in [0.15, 0.2) is 5.11 Å². The van der Waals surface area contributed by atoms with Crippen LogP contribution >= 0.6 is 28.1 Å². The average molecular weight is 528 g/mol. The fourth-order valence-corrected chi connectivity index (χ4v) is 3.77. The van der Waals surface area contributed by atoms with E-state index in [0.29, 0.717) is 48.0 Å². The molecular weight excluding hydrogens is 498 g/mol. The largest absolute Gasteiger partial charge is 0.492 e. The highest BCUT2D eigenvalue weighted by Crippen LogP contribution is 2.26. The lowest BCUT2D eigenvalue weighted by atomic mass is 10.1. The molecule has 8 nitrogen and oxygen atoms in total. The zero-order valence-electron chi connectivity index (χ0n) is 18.6. The molecule has 0 aliphatic carbocycles. The summed E-state index contributed by atoms with van der Waals surface area (Å²) in [5.74, 6) is -0.190. The van der Waals surface area contributed by atoms with Crippen molar-refractivity contribution in [3.05, 3.63) is 28.2 Å². The lowest BCUT2D eigenvalue weighted by molar-refractivity contribution is -0.147. The van der Waals surface area contributed by atoms with Crippen LogP contribution in [0, 0.1) is 5.92 Å². The third kappa shape index (κ3) is 7.74. The summed E-state index contributed by atoms with van der Waals surface area (Å²) in [4.78, 5) is 38.8. The summed E-state index contributed by atoms with van der Waals surface area (Å²) in [6.45, 7) is 7.72. The van der Waals surface area contributed by atoms with Crippen LogP contribution in [0.4, 0.5) is 0 Å². The second-order valence-electron chi connectivity index (χ2n) is 7.89. The molecule has 0 radical (unpaired) electrons. The minimum absolute atomic E-state index is 0.0902. The number of piperazine rings is 1. The van der Waals surface area contributed by atoms with Crippen LogP contribution in [-0.2, 0) is 14.3 Å². The van der Waals surface area contributed by atoms with Gasteiger partial charge in [-0.05, 0) is 58.7 Å². The molecule has 1 saturated heterocycles. The number of rotatable bonds is 9. The first kappa shape index (κ1) is 26.1. The van der Waals surface area contributed by atoms with E-state index in [-0.39, 0.29) is 17.4 Å². The first-order chi connectivity index (χ1) is 15.2. The summed E-state index contributed by atoms with van der Waals surface area (Å²) in [6, 6.07) is 4.18. The number of thiocarbonyl (C=S) groups is 1. The fourth-order valence-electron chi connectivity index (χ4n) is 2.96. The first-order valence-corrected chi connectivity index (χ1v) is 11.9. The molecule has 1 atom stereocenters. The van der Waals surface area contributed by atoms with Gasteiger partial charge in [-0.15, -0.1) is 0 Å². The third-order valence-electron chi connectivity index (χ3n) is 4.70. The molecular formula is C22H30BrN3O5S. The van der Waals surface area contributed by atoms with Crippen LogP contribution in [0.2, 0.25) is 0 Å². The van der Waals surface area contributed by atoms with Crippen LogP contribution in [0.1, 0.15) is 50.4 Å². The van der Waals surface area contributed by atoms with E-state index in [1.54, 1.807) is 23.1 Å². The Morgan fingerprint density at radius 3 is 2.78 bits per heavy atom. The van der Waals surface area contributed by atoms with E-state index in [1.165, 1.54) is 0 Å². The van der Waals surface area contributed by atoms with Gasteiger partial charge in [-0.25, -0.2) is 0 Å². The highest BCUT2D eigenvalue weighted by atomic mass is 79.9. The lowest BCUT2D eigenvalue weighted by Crippen LogP contribution is -2.60. The Labute approximate surface area is 202 Å². The van der Waals surface area contributed by atoms with E-state index in [1.807, 2.05) is 6.92 Å². The number of esters is 1. The third-order valence-corrected chi connectivity index (χ3v) is 5.66. The second-order valence-corrected chi connectivity index (χ2v) is 9.13. The Balaban J connectivity index is 2.02. The Kier molecular flexibility index (Phi) is 10.4. The molecule has 0 saturated carbocycles. The highest BCUT2D eigenvalue weighted by Gasteiger charge is 2.34. The summed E-state index contributed by atoms with van der Waals surface area (Å²) in [5, 5.41) is 5.48. The van der Waals surface area contributed by atoms with Gasteiger partial charge in [0.05, 0.1) is 24.1 Å². The number of ether oxygens (including phenoxy) is 2. The number of carbonyl (C=O) groups excluding carboxylic acids is 3. The molecule has 1 heterocycles. The Morgan fingerprint density at radius 1 is 1.38 bits per heavy atom. The molecule has 1 aliphatic heterocycles. The Hall–Kier alpha value is -2.20. The van der Waals surface area contributed by atoms with E-state index in [9.17, 15) is 14.4 Å². The van der Waals surface area contributed by atoms with Crippen molar-refractivity contribution in [2.75, 3.05) is 26.3 Å². The standard InChI is InChI=1S/C22H30BrN3O5S/c1-4-5-10-30-19(27)12-17-21(29)24-8-9-26(17)22(32)25-20(28)15-6-7-18(16(23)11-15)31-13-14(2)3/h6-7,11,14,17H,4-5,8-10,12-13H2,1-3H3,(H,24,29)(H,25,28,32). The molecule has 176 valence electrons. The second kappa shape index (κ2) is 12.7. The van der Waals surface area contributed by atoms with Gasteiger partial charge in [-0.1, -0.05) is 27.2 Å². The molecule has 0 aromatic heterocycles. The summed E-state index contributed by atoms with van der Waals surface area (Å²) in [7, 11) is 0. The molecule has 2 amide bonds. The summed E-state index contributed by atoms with van der Waals surface area (Å²) < 4.78 is 11.5. The van der Waals surface area contributed by atoms with Gasteiger partial charge in [0.2, 0.25) is 5.91 Å². The summed E-state index contributed by atoms with van der Waals surface area (Å²) in [6.07, 6.45) is 1.52. The maximum atomic E-state index is 12.7. The fraction of sp³-hybridized carbons (Fsp3) is 0.545. The molecule has 1 fully saturated rings. The van der Waals surface area contributed by atoms with Crippen LogP contribution < -0.4 is 15.4 Å². The Bertz CT molecular complexity index is 849. The SMILES string of the molecule is CCCCOC(=O)CC1C(=O)NCCN1C(=S)NC(=O)c1ccc(OCC(C)C)c(Br)c1. The quantitative estimate of drug-likeness (QED) is 0.289. The number of halogens is 1. The number of benzene rings is 1. The molecule has 2 N–H and O–H groups in total. The normalized spacial score (nSPS) is 15.8. The number of nitrogens with zero attached hydrogens (tertiary/aromatic N) is 1. The Morgan fingerprint density at radius 2 is 2.12 bits per heavy atom. The minimum atomic E-state index is -0.829. The topological polar surface area (TPSA) is 97.0 Å². The molecule has 32 heavy (non-hydrogen) atoms. The van der Waals surface area contributed by atoms with Gasteiger partial charge in [-0.2, -0.15) is 0 Å². The van der Waals surface area contributed by atoms with Gasteiger partial charge < -0.3 is 19.7 Å². The highest BCUT2D eigenvalue weighted by molar-refractivity contribution is 9.10. The van der Waals surface area contributed by atoms with Gasteiger partial charge in [0.25, 0.3) is 5.91 Å². The van der Waals surface area contributed by atoms with E-state index >= 15 is 0 Å². The molecule has 1 aromatic carbocycles. The number of hydrogen-bond donors (Lipinski definition) is 2. The van der Waals surface area contributed by atoms with Gasteiger partial charge in [0.1, 0.15) is 11.8 Å². The van der Waals surface area contributed by atoms with Crippen LogP contribution in [0.3, 0.4) is 0 Å². The van der Waals surface area contributed by atoms with Crippen molar-refractivity contribution < 1.29 is 23.9 Å². The van der Waals surface area contributed by atoms with Crippen molar-refractivity contribution >= 4 is 51.0 Å². The number of hydrogen-bond acceptors (Lipinski definition) is 6. The van der Waals surface area contributed by atoms with Crippen LogP contribution in [-0.4, -0.2) is 60.1 Å². The van der Waals surface area contributed by atoms with Crippen LogP contribution in [0.15, 0.2) is 22.7 Å². The van der Waals surface area contributed by atoms with E-state index < -0.39 is 17.9 Å². The monoisotopic (exact) mass is 527 g/mol. The predicted octanol–water partition coefficient (Wildman–Crippen LogP) is 3.03. The van der Waals surface area contributed by atoms with E-state index in [2.05, 4.69) is 40.4 Å². The first-order valence-electron chi connectivity index (χ1n) is 10.7. The van der Waals surface area contributed by atoms with E-state index in [0.717, 1.165) is 12.8 Å². The lowest BCUT2D eigenvalue weighted by Gasteiger charge is -2.36. The number of amides is 2. The zero-order chi connectivity index (χ0) is 23.7. The molecule has 1 unspecified atom stereocenters. The smallest absolute Gasteiger partial charge is 0.308 e. The predicted molar refractivity (Wildman–Crippen MR) is 129 cm³/mol. The maximum absolute atomic E-state index is 12.7. The number of nitrogens with one attached hydrogen (secondary N) is 2. The van der Waals surface area contributed by atoms with Crippen molar-refractivity contribution in [1.82, 2.24) is 15.5 Å². The van der Waals surface area contributed by atoms with Crippen LogP contribution in [0.25, 0.3) is 0 Å². The molecule has 0 spiro atoms. The van der Waals surface area contributed by atoms with E-state index in [4.69, 9.17) is 21.7 Å². The molecule has 2 rings (SSSR count). The van der Waals surface area contributed by atoms with Crippen molar-refractivity contribution in [1.29, 1.82) is 0 Å². The molecule has 0 bridgehead atoms. The maximum Gasteiger partial charge on any atom is 0.308 e. The zero-order valence-corrected chi connectivity index (χ0v) is 21.0. The molecule has 10 heteroatoms. The molecule has 1 aliphatic rings. The van der Waals surface area contributed by atoms with Crippen molar-refractivity contribution in [2.45, 2.75) is 46.1 Å². The summed E-state index contributed by atoms with van der Waals surface area (Å²) >= 11 is 8.82. The van der Waals surface area contributed by atoms with Gasteiger partial charge in [-0.3, -0.25) is 19.7 Å².